The largest absolute Gasteiger partial charge is 0.379 e. The van der Waals surface area contributed by atoms with Gasteiger partial charge >= 0.3 is 0 Å². The molecule has 0 aromatic heterocycles. The summed E-state index contributed by atoms with van der Waals surface area (Å²) in [7, 11) is 1.67. The Hall–Kier alpha value is -0.660. The van der Waals surface area contributed by atoms with Crippen LogP contribution in [0.15, 0.2) is 4.99 Å². The van der Waals surface area contributed by atoms with Crippen molar-refractivity contribution in [2.75, 3.05) is 13.7 Å². The lowest BCUT2D eigenvalue weighted by molar-refractivity contribution is 0.0263. The second-order valence-electron chi connectivity index (χ2n) is 2.90. The van der Waals surface area contributed by atoms with Crippen molar-refractivity contribution in [1.82, 2.24) is 0 Å². The topological polar surface area (TPSA) is 38.7 Å². The molecular weight excluding hydrogens is 142 g/mol. The lowest BCUT2D eigenvalue weighted by Gasteiger charge is -2.31. The van der Waals surface area contributed by atoms with Gasteiger partial charge in [-0.3, -0.25) is 0 Å². The third-order valence-corrected chi connectivity index (χ3v) is 2.31. The van der Waals surface area contributed by atoms with Crippen molar-refractivity contribution >= 4 is 6.08 Å². The van der Waals surface area contributed by atoms with Gasteiger partial charge in [-0.15, -0.1) is 0 Å². The van der Waals surface area contributed by atoms with E-state index in [0.29, 0.717) is 12.5 Å². The lowest BCUT2D eigenvalue weighted by atomic mass is 9.81. The zero-order valence-electron chi connectivity index (χ0n) is 6.75. The van der Waals surface area contributed by atoms with E-state index < -0.39 is 0 Å². The SMILES string of the molecule is COC(CN=C=O)C1CCC1. The smallest absolute Gasteiger partial charge is 0.235 e. The minimum absolute atomic E-state index is 0.144. The molecule has 62 valence electrons. The van der Waals surface area contributed by atoms with E-state index in [4.69, 9.17) is 4.74 Å². The highest BCUT2D eigenvalue weighted by molar-refractivity contribution is 5.32. The third kappa shape index (κ3) is 2.14. The van der Waals surface area contributed by atoms with E-state index in [2.05, 4.69) is 4.99 Å². The maximum absolute atomic E-state index is 9.81. The molecular formula is C8H13NO2. The fourth-order valence-electron chi connectivity index (χ4n) is 1.35. The fraction of sp³-hybridized carbons (Fsp3) is 0.875. The minimum Gasteiger partial charge on any atom is -0.379 e. The monoisotopic (exact) mass is 155 g/mol. The molecule has 1 fully saturated rings. The molecule has 11 heavy (non-hydrogen) atoms. The zero-order valence-corrected chi connectivity index (χ0v) is 6.75. The highest BCUT2D eigenvalue weighted by atomic mass is 16.5. The Morgan fingerprint density at radius 1 is 1.73 bits per heavy atom. The third-order valence-electron chi connectivity index (χ3n) is 2.31. The van der Waals surface area contributed by atoms with Crippen LogP contribution in [-0.4, -0.2) is 25.8 Å². The van der Waals surface area contributed by atoms with Crippen molar-refractivity contribution in [3.8, 4) is 0 Å². The zero-order chi connectivity index (χ0) is 8.10. The van der Waals surface area contributed by atoms with Crippen LogP contribution in [0.1, 0.15) is 19.3 Å². The maximum atomic E-state index is 9.81. The van der Waals surface area contributed by atoms with Gasteiger partial charge in [-0.2, -0.15) is 0 Å². The highest BCUT2D eigenvalue weighted by Gasteiger charge is 2.26. The molecule has 0 aromatic rings. The van der Waals surface area contributed by atoms with Crippen LogP contribution in [0.4, 0.5) is 0 Å². The van der Waals surface area contributed by atoms with Gasteiger partial charge in [0.05, 0.1) is 12.6 Å². The van der Waals surface area contributed by atoms with Crippen LogP contribution in [-0.2, 0) is 9.53 Å². The Morgan fingerprint density at radius 3 is 2.82 bits per heavy atom. The summed E-state index contributed by atoms with van der Waals surface area (Å²) in [5, 5.41) is 0. The van der Waals surface area contributed by atoms with Crippen LogP contribution in [0, 0.1) is 5.92 Å². The number of methoxy groups -OCH3 is 1. The maximum Gasteiger partial charge on any atom is 0.235 e. The Balaban J connectivity index is 2.28. The molecule has 0 aromatic carbocycles. The molecule has 0 amide bonds. The fourth-order valence-corrected chi connectivity index (χ4v) is 1.35. The van der Waals surface area contributed by atoms with Gasteiger partial charge in [0.1, 0.15) is 0 Å². The Bertz CT molecular complexity index is 159. The van der Waals surface area contributed by atoms with Gasteiger partial charge in [-0.05, 0) is 18.8 Å². The molecule has 1 atom stereocenters. The molecule has 1 aliphatic rings. The summed E-state index contributed by atoms with van der Waals surface area (Å²) in [4.78, 5) is 13.3. The molecule has 1 saturated carbocycles. The van der Waals surface area contributed by atoms with Crippen molar-refractivity contribution in [1.29, 1.82) is 0 Å². The summed E-state index contributed by atoms with van der Waals surface area (Å²) in [6.45, 7) is 0.477. The van der Waals surface area contributed by atoms with Gasteiger partial charge in [0.25, 0.3) is 0 Å². The normalized spacial score (nSPS) is 20.1. The van der Waals surface area contributed by atoms with E-state index in [1.807, 2.05) is 0 Å². The molecule has 0 aliphatic heterocycles. The van der Waals surface area contributed by atoms with Crippen molar-refractivity contribution in [3.63, 3.8) is 0 Å². The first-order chi connectivity index (χ1) is 5.38. The van der Waals surface area contributed by atoms with E-state index >= 15 is 0 Å². The molecule has 1 unspecified atom stereocenters. The average Bonchev–Trinajstić information content (AvgIpc) is 1.93. The average molecular weight is 155 g/mol. The number of ether oxygens (including phenoxy) is 1. The number of aliphatic imine (C=N–C) groups is 1. The van der Waals surface area contributed by atoms with Crippen LogP contribution in [0.25, 0.3) is 0 Å². The van der Waals surface area contributed by atoms with E-state index in [-0.39, 0.29) is 6.10 Å². The molecule has 0 spiro atoms. The Kier molecular flexibility index (Phi) is 3.27. The van der Waals surface area contributed by atoms with Crippen LogP contribution in [0.3, 0.4) is 0 Å². The molecule has 0 radical (unpaired) electrons. The number of isocyanates is 1. The van der Waals surface area contributed by atoms with Gasteiger partial charge in [-0.1, -0.05) is 6.42 Å². The van der Waals surface area contributed by atoms with E-state index in [1.165, 1.54) is 25.3 Å². The summed E-state index contributed by atoms with van der Waals surface area (Å²) in [6, 6.07) is 0. The molecule has 0 saturated heterocycles. The number of carbonyl (C=O) groups excluding carboxylic acids is 1. The van der Waals surface area contributed by atoms with Gasteiger partial charge in [0.15, 0.2) is 0 Å². The Labute approximate surface area is 66.5 Å². The van der Waals surface area contributed by atoms with E-state index in [0.717, 1.165) is 0 Å². The van der Waals surface area contributed by atoms with Gasteiger partial charge in [0, 0.05) is 7.11 Å². The minimum atomic E-state index is 0.144. The first kappa shape index (κ1) is 8.44. The quantitative estimate of drug-likeness (QED) is 0.451. The van der Waals surface area contributed by atoms with Gasteiger partial charge in [0.2, 0.25) is 6.08 Å². The second-order valence-corrected chi connectivity index (χ2v) is 2.90. The second kappa shape index (κ2) is 4.27. The van der Waals surface area contributed by atoms with Crippen LogP contribution < -0.4 is 0 Å². The summed E-state index contributed by atoms with van der Waals surface area (Å²) < 4.78 is 5.18. The molecule has 0 N–H and O–H groups in total. The summed E-state index contributed by atoms with van der Waals surface area (Å²) in [5.74, 6) is 0.622. The molecule has 0 heterocycles. The van der Waals surface area contributed by atoms with Crippen LogP contribution in [0.2, 0.25) is 0 Å². The van der Waals surface area contributed by atoms with E-state index in [9.17, 15) is 4.79 Å². The van der Waals surface area contributed by atoms with Crippen LogP contribution in [0.5, 0.6) is 0 Å². The number of nitrogens with zero attached hydrogens (tertiary/aromatic N) is 1. The molecule has 3 nitrogen and oxygen atoms in total. The molecule has 1 rings (SSSR count). The molecule has 0 bridgehead atoms. The van der Waals surface area contributed by atoms with Crippen molar-refractivity contribution in [2.45, 2.75) is 25.4 Å². The first-order valence-corrected chi connectivity index (χ1v) is 3.95. The first-order valence-electron chi connectivity index (χ1n) is 3.95. The molecule has 1 aliphatic carbocycles. The van der Waals surface area contributed by atoms with Crippen molar-refractivity contribution < 1.29 is 9.53 Å². The summed E-state index contributed by atoms with van der Waals surface area (Å²) >= 11 is 0. The molecule has 3 heteroatoms. The van der Waals surface area contributed by atoms with Gasteiger partial charge < -0.3 is 4.74 Å². The lowest BCUT2D eigenvalue weighted by Crippen LogP contribution is -2.30. The van der Waals surface area contributed by atoms with Crippen molar-refractivity contribution in [2.24, 2.45) is 10.9 Å². The van der Waals surface area contributed by atoms with Crippen LogP contribution >= 0.6 is 0 Å². The van der Waals surface area contributed by atoms with Gasteiger partial charge in [-0.25, -0.2) is 9.79 Å². The summed E-state index contributed by atoms with van der Waals surface area (Å²) in [5.41, 5.74) is 0. The predicted octanol–water partition coefficient (Wildman–Crippen LogP) is 1.14. The number of rotatable bonds is 4. The van der Waals surface area contributed by atoms with Crippen molar-refractivity contribution in [3.05, 3.63) is 0 Å². The number of hydrogen-bond donors (Lipinski definition) is 0. The summed E-state index contributed by atoms with van der Waals surface area (Å²) in [6.07, 6.45) is 5.39. The standard InChI is InChI=1S/C8H13NO2/c1-11-8(5-9-6-10)7-3-2-4-7/h7-8H,2-5H2,1H3. The number of hydrogen-bond acceptors (Lipinski definition) is 3. The predicted molar refractivity (Wildman–Crippen MR) is 41.1 cm³/mol. The highest BCUT2D eigenvalue weighted by Crippen LogP contribution is 2.30. The Morgan fingerprint density at radius 2 is 2.45 bits per heavy atom. The van der Waals surface area contributed by atoms with E-state index in [1.54, 1.807) is 7.11 Å².